The van der Waals surface area contributed by atoms with Crippen molar-refractivity contribution in [2.45, 2.75) is 82.4 Å². The predicted octanol–water partition coefficient (Wildman–Crippen LogP) is 4.16. The number of hydrogen-bond acceptors (Lipinski definition) is 3. The Morgan fingerprint density at radius 2 is 1.82 bits per heavy atom. The van der Waals surface area contributed by atoms with Gasteiger partial charge >= 0.3 is 5.69 Å². The topological polar surface area (TPSA) is 50.3 Å². The molecule has 1 aliphatic carbocycles. The standard InChI is InChI=1S/C23H33N3O2/c1-17-4-5-20-21(16-17)26(22(27)24-20)19-8-13-25(14-9-19)18-6-11-23(12-7-18)10-2-3-15-28-23/h4-5,16,18-19H,2-3,6-15H2,1H3,(H,24,27). The minimum Gasteiger partial charge on any atom is -0.375 e. The van der Waals surface area contributed by atoms with E-state index in [9.17, 15) is 4.79 Å². The van der Waals surface area contributed by atoms with Crippen LogP contribution in [-0.2, 0) is 4.74 Å². The molecule has 5 rings (SSSR count). The Morgan fingerprint density at radius 1 is 1.04 bits per heavy atom. The van der Waals surface area contributed by atoms with Crippen molar-refractivity contribution in [1.29, 1.82) is 0 Å². The molecule has 0 radical (unpaired) electrons. The molecular weight excluding hydrogens is 350 g/mol. The maximum Gasteiger partial charge on any atom is 0.326 e. The summed E-state index contributed by atoms with van der Waals surface area (Å²) in [5.74, 6) is 0. The lowest BCUT2D eigenvalue weighted by Gasteiger charge is -2.46. The summed E-state index contributed by atoms with van der Waals surface area (Å²) in [4.78, 5) is 18.3. The molecule has 1 spiro atoms. The first-order valence-electron chi connectivity index (χ1n) is 11.2. The van der Waals surface area contributed by atoms with Gasteiger partial charge in [-0.3, -0.25) is 4.57 Å². The van der Waals surface area contributed by atoms with Crippen LogP contribution in [0.1, 0.15) is 69.4 Å². The number of benzene rings is 1. The van der Waals surface area contributed by atoms with E-state index in [-0.39, 0.29) is 11.3 Å². The number of H-pyrrole nitrogens is 1. The van der Waals surface area contributed by atoms with E-state index < -0.39 is 0 Å². The fourth-order valence-corrected chi connectivity index (χ4v) is 5.90. The Bertz CT molecular complexity index is 875. The highest BCUT2D eigenvalue weighted by molar-refractivity contribution is 5.76. The van der Waals surface area contributed by atoms with E-state index >= 15 is 0 Å². The van der Waals surface area contributed by atoms with Gasteiger partial charge in [0.05, 0.1) is 16.6 Å². The van der Waals surface area contributed by atoms with Crippen molar-refractivity contribution in [3.63, 3.8) is 0 Å². The zero-order valence-corrected chi connectivity index (χ0v) is 17.1. The summed E-state index contributed by atoms with van der Waals surface area (Å²) >= 11 is 0. The van der Waals surface area contributed by atoms with Crippen LogP contribution < -0.4 is 5.69 Å². The molecule has 3 heterocycles. The van der Waals surface area contributed by atoms with Gasteiger partial charge in [-0.1, -0.05) is 6.07 Å². The van der Waals surface area contributed by atoms with Crippen LogP contribution in [0.5, 0.6) is 0 Å². The lowest BCUT2D eigenvalue weighted by atomic mass is 9.77. The summed E-state index contributed by atoms with van der Waals surface area (Å²) in [6.07, 6.45) is 11.0. The number of fused-ring (bicyclic) bond motifs is 1. The van der Waals surface area contributed by atoms with Gasteiger partial charge in [-0.15, -0.1) is 0 Å². The minimum atomic E-state index is 0.0492. The number of aromatic amines is 1. The molecule has 5 nitrogen and oxygen atoms in total. The van der Waals surface area contributed by atoms with E-state index in [0.29, 0.717) is 12.1 Å². The van der Waals surface area contributed by atoms with E-state index in [1.54, 1.807) is 0 Å². The maximum atomic E-state index is 12.6. The van der Waals surface area contributed by atoms with Gasteiger partial charge in [-0.25, -0.2) is 4.79 Å². The zero-order valence-electron chi connectivity index (χ0n) is 17.1. The van der Waals surface area contributed by atoms with Crippen molar-refractivity contribution in [2.75, 3.05) is 19.7 Å². The van der Waals surface area contributed by atoms with Crippen molar-refractivity contribution < 1.29 is 4.74 Å². The number of nitrogens with one attached hydrogen (secondary N) is 1. The third kappa shape index (κ3) is 3.33. The summed E-state index contributed by atoms with van der Waals surface area (Å²) in [5.41, 5.74) is 3.50. The SMILES string of the molecule is Cc1ccc2[nH]c(=O)n(C3CCN(C4CCC5(CCCCO5)CC4)CC3)c2c1. The van der Waals surface area contributed by atoms with E-state index in [4.69, 9.17) is 4.74 Å². The molecule has 1 aromatic carbocycles. The monoisotopic (exact) mass is 383 g/mol. The van der Waals surface area contributed by atoms with Crippen LogP contribution in [0.3, 0.4) is 0 Å². The van der Waals surface area contributed by atoms with Crippen molar-refractivity contribution in [2.24, 2.45) is 0 Å². The van der Waals surface area contributed by atoms with E-state index in [0.717, 1.165) is 43.6 Å². The van der Waals surface area contributed by atoms with Crippen molar-refractivity contribution in [3.8, 4) is 0 Å². The second-order valence-electron chi connectivity index (χ2n) is 9.31. The van der Waals surface area contributed by atoms with Gasteiger partial charge in [0, 0.05) is 31.8 Å². The average Bonchev–Trinajstić information content (AvgIpc) is 3.04. The molecule has 0 unspecified atom stereocenters. The molecule has 1 aromatic heterocycles. The highest BCUT2D eigenvalue weighted by Gasteiger charge is 2.39. The Morgan fingerprint density at radius 3 is 2.54 bits per heavy atom. The first-order valence-corrected chi connectivity index (χ1v) is 11.2. The number of aromatic nitrogens is 2. The maximum absolute atomic E-state index is 12.6. The summed E-state index contributed by atoms with van der Waals surface area (Å²) in [5, 5.41) is 0. The molecular formula is C23H33N3O2. The number of hydrogen-bond donors (Lipinski definition) is 1. The number of rotatable bonds is 2. The average molecular weight is 384 g/mol. The molecule has 2 aromatic rings. The van der Waals surface area contributed by atoms with Crippen LogP contribution in [0.15, 0.2) is 23.0 Å². The molecule has 0 amide bonds. The van der Waals surface area contributed by atoms with Crippen LogP contribution in [-0.4, -0.2) is 45.8 Å². The van der Waals surface area contributed by atoms with Gasteiger partial charge in [0.15, 0.2) is 0 Å². The Kier molecular flexibility index (Phi) is 4.84. The van der Waals surface area contributed by atoms with E-state index in [2.05, 4.69) is 28.9 Å². The molecule has 152 valence electrons. The normalized spacial score (nSPS) is 30.2. The largest absolute Gasteiger partial charge is 0.375 e. The number of piperidine rings is 1. The number of likely N-dealkylation sites (tertiary alicyclic amines) is 1. The van der Waals surface area contributed by atoms with Gasteiger partial charge in [-0.2, -0.15) is 0 Å². The molecule has 1 N–H and O–H groups in total. The van der Waals surface area contributed by atoms with Gasteiger partial charge in [0.1, 0.15) is 0 Å². The fourth-order valence-electron chi connectivity index (χ4n) is 5.90. The Hall–Kier alpha value is -1.59. The van der Waals surface area contributed by atoms with Crippen molar-refractivity contribution in [1.82, 2.24) is 14.5 Å². The lowest BCUT2D eigenvalue weighted by molar-refractivity contribution is -0.110. The number of imidazole rings is 1. The van der Waals surface area contributed by atoms with Gasteiger partial charge in [0.25, 0.3) is 0 Å². The highest BCUT2D eigenvalue weighted by Crippen LogP contribution is 2.40. The Labute approximate surface area is 167 Å². The molecule has 5 heteroatoms. The van der Waals surface area contributed by atoms with E-state index in [1.807, 2.05) is 10.6 Å². The summed E-state index contributed by atoms with van der Waals surface area (Å²) in [7, 11) is 0. The van der Waals surface area contributed by atoms with Gasteiger partial charge in [0.2, 0.25) is 0 Å². The number of ether oxygens (including phenoxy) is 1. The molecule has 2 aliphatic heterocycles. The summed E-state index contributed by atoms with van der Waals surface area (Å²) in [6, 6.07) is 7.26. The molecule has 1 saturated carbocycles. The van der Waals surface area contributed by atoms with Crippen LogP contribution in [0.25, 0.3) is 11.0 Å². The van der Waals surface area contributed by atoms with Gasteiger partial charge < -0.3 is 14.6 Å². The summed E-state index contributed by atoms with van der Waals surface area (Å²) in [6.45, 7) is 5.27. The second kappa shape index (κ2) is 7.34. The summed E-state index contributed by atoms with van der Waals surface area (Å²) < 4.78 is 8.23. The number of aryl methyl sites for hydroxylation is 1. The van der Waals surface area contributed by atoms with E-state index in [1.165, 1.54) is 50.5 Å². The molecule has 0 atom stereocenters. The highest BCUT2D eigenvalue weighted by atomic mass is 16.5. The second-order valence-corrected chi connectivity index (χ2v) is 9.31. The number of nitrogens with zero attached hydrogens (tertiary/aromatic N) is 2. The molecule has 3 aliphatic rings. The zero-order chi connectivity index (χ0) is 19.1. The third-order valence-electron chi connectivity index (χ3n) is 7.56. The van der Waals surface area contributed by atoms with Crippen LogP contribution >= 0.6 is 0 Å². The van der Waals surface area contributed by atoms with Crippen molar-refractivity contribution in [3.05, 3.63) is 34.2 Å². The molecule has 3 fully saturated rings. The molecule has 2 saturated heterocycles. The minimum absolute atomic E-state index is 0.0492. The third-order valence-corrected chi connectivity index (χ3v) is 7.56. The van der Waals surface area contributed by atoms with Crippen LogP contribution in [0.4, 0.5) is 0 Å². The van der Waals surface area contributed by atoms with Crippen LogP contribution in [0, 0.1) is 6.92 Å². The predicted molar refractivity (Wildman–Crippen MR) is 112 cm³/mol. The van der Waals surface area contributed by atoms with Crippen LogP contribution in [0.2, 0.25) is 0 Å². The fraction of sp³-hybridized carbons (Fsp3) is 0.696. The quantitative estimate of drug-likeness (QED) is 0.847. The van der Waals surface area contributed by atoms with Gasteiger partial charge in [-0.05, 0) is 82.4 Å². The smallest absolute Gasteiger partial charge is 0.326 e. The molecule has 28 heavy (non-hydrogen) atoms. The Balaban J connectivity index is 1.23. The van der Waals surface area contributed by atoms with Crippen molar-refractivity contribution >= 4 is 11.0 Å². The first-order chi connectivity index (χ1) is 13.6. The molecule has 0 bridgehead atoms. The first kappa shape index (κ1) is 18.4. The lowest BCUT2D eigenvalue weighted by Crippen LogP contribution is -2.48.